The highest BCUT2D eigenvalue weighted by molar-refractivity contribution is 5.81. The lowest BCUT2D eigenvalue weighted by Crippen LogP contribution is -2.36. The predicted molar refractivity (Wildman–Crippen MR) is 52.7 cm³/mol. The molecule has 0 aliphatic carbocycles. The summed E-state index contributed by atoms with van der Waals surface area (Å²) in [5.74, 6) is 1.65. The van der Waals surface area contributed by atoms with E-state index in [4.69, 9.17) is 9.57 Å². The number of hydrazine groups is 1. The summed E-state index contributed by atoms with van der Waals surface area (Å²) >= 11 is 0. The molecule has 1 N–H and O–H groups in total. The lowest BCUT2D eigenvalue weighted by Gasteiger charge is -2.12. The maximum atomic E-state index is 5.32. The summed E-state index contributed by atoms with van der Waals surface area (Å²) in [6.07, 6.45) is 1.99. The Labute approximate surface area is 82.7 Å². The van der Waals surface area contributed by atoms with Gasteiger partial charge in [-0.25, -0.2) is 0 Å². The first kappa shape index (κ1) is 8.87. The van der Waals surface area contributed by atoms with E-state index in [1.54, 1.807) is 7.11 Å². The van der Waals surface area contributed by atoms with Gasteiger partial charge in [-0.1, -0.05) is 4.68 Å². The lowest BCUT2D eigenvalue weighted by molar-refractivity contribution is -0.626. The van der Waals surface area contributed by atoms with E-state index in [1.807, 2.05) is 36.0 Å². The van der Waals surface area contributed by atoms with Crippen LogP contribution in [0.3, 0.4) is 0 Å². The number of nitrogens with one attached hydrogen (secondary N) is 1. The van der Waals surface area contributed by atoms with Crippen LogP contribution in [0, 0.1) is 0 Å². The molecule has 0 atom stereocenters. The fourth-order valence-corrected chi connectivity index (χ4v) is 1.31. The average molecular weight is 193 g/mol. The highest BCUT2D eigenvalue weighted by atomic mass is 16.7. The van der Waals surface area contributed by atoms with Crippen molar-refractivity contribution in [3.63, 3.8) is 0 Å². The van der Waals surface area contributed by atoms with Gasteiger partial charge < -0.3 is 9.57 Å². The number of hydrogen-bond donors (Lipinski definition) is 1. The molecule has 0 fully saturated rings. The molecular weight excluding hydrogens is 180 g/mol. The minimum Gasteiger partial charge on any atom is -0.497 e. The van der Waals surface area contributed by atoms with Crippen LogP contribution in [0.5, 0.6) is 11.5 Å². The second kappa shape index (κ2) is 3.57. The molecule has 4 heteroatoms. The molecular formula is C10H13N2O2+. The topological polar surface area (TPSA) is 33.5 Å². The Morgan fingerprint density at radius 3 is 3.07 bits per heavy atom. The number of fused-ring (bicyclic) bond motifs is 1. The first-order valence-corrected chi connectivity index (χ1v) is 4.55. The number of rotatable bonds is 2. The van der Waals surface area contributed by atoms with E-state index in [2.05, 4.69) is 5.59 Å². The molecule has 74 valence electrons. The van der Waals surface area contributed by atoms with Crippen molar-refractivity contribution in [3.8, 4) is 11.5 Å². The van der Waals surface area contributed by atoms with Gasteiger partial charge in [0.05, 0.1) is 12.7 Å². The molecule has 0 saturated carbocycles. The zero-order valence-electron chi connectivity index (χ0n) is 8.28. The Balaban J connectivity index is 2.39. The van der Waals surface area contributed by atoms with Crippen molar-refractivity contribution in [2.45, 2.75) is 6.92 Å². The van der Waals surface area contributed by atoms with Crippen molar-refractivity contribution < 1.29 is 14.3 Å². The van der Waals surface area contributed by atoms with E-state index in [1.165, 1.54) is 0 Å². The van der Waals surface area contributed by atoms with E-state index in [0.29, 0.717) is 0 Å². The van der Waals surface area contributed by atoms with Crippen molar-refractivity contribution in [3.05, 3.63) is 23.8 Å². The van der Waals surface area contributed by atoms with E-state index in [0.717, 1.165) is 23.6 Å². The summed E-state index contributed by atoms with van der Waals surface area (Å²) in [5, 5.41) is 0. The largest absolute Gasteiger partial charge is 0.497 e. The van der Waals surface area contributed by atoms with Gasteiger partial charge in [0.25, 0.3) is 0 Å². The fourth-order valence-electron chi connectivity index (χ4n) is 1.31. The quantitative estimate of drug-likeness (QED) is 0.710. The highest BCUT2D eigenvalue weighted by Gasteiger charge is 2.15. The van der Waals surface area contributed by atoms with Crippen molar-refractivity contribution in [1.29, 1.82) is 0 Å². The van der Waals surface area contributed by atoms with E-state index < -0.39 is 0 Å². The minimum atomic E-state index is 0.815. The molecule has 1 aromatic carbocycles. The van der Waals surface area contributed by atoms with Crippen LogP contribution < -0.4 is 15.2 Å². The first-order chi connectivity index (χ1) is 6.83. The molecule has 1 aromatic rings. The van der Waals surface area contributed by atoms with Gasteiger partial charge >= 0.3 is 0 Å². The standard InChI is InChI=1S/C10H13N2O2/c1-3-12-7-8-6-9(13-2)4-5-10(8)14-11-12/h4-7,11H,3H2,1-2H3/q+1. The summed E-state index contributed by atoms with van der Waals surface area (Å²) in [5.41, 5.74) is 3.82. The summed E-state index contributed by atoms with van der Waals surface area (Å²) in [6.45, 7) is 2.88. The van der Waals surface area contributed by atoms with Crippen molar-refractivity contribution in [2.24, 2.45) is 0 Å². The predicted octanol–water partition coefficient (Wildman–Crippen LogP) is 0.958. The Hall–Kier alpha value is -1.71. The summed E-state index contributed by atoms with van der Waals surface area (Å²) in [6, 6.07) is 5.69. The Kier molecular flexibility index (Phi) is 2.26. The van der Waals surface area contributed by atoms with Crippen LogP contribution in [0.15, 0.2) is 18.2 Å². The van der Waals surface area contributed by atoms with Gasteiger partial charge in [0.15, 0.2) is 12.3 Å². The van der Waals surface area contributed by atoms with Crippen LogP contribution >= 0.6 is 0 Å². The molecule has 0 radical (unpaired) electrons. The molecule has 1 heterocycles. The van der Waals surface area contributed by atoms with Gasteiger partial charge in [-0.05, 0) is 30.7 Å². The van der Waals surface area contributed by atoms with Crippen LogP contribution in [0.4, 0.5) is 0 Å². The van der Waals surface area contributed by atoms with Gasteiger partial charge in [-0.15, -0.1) is 0 Å². The summed E-state index contributed by atoms with van der Waals surface area (Å²) < 4.78 is 7.00. The minimum absolute atomic E-state index is 0.815. The van der Waals surface area contributed by atoms with Crippen LogP contribution in [-0.4, -0.2) is 24.6 Å². The van der Waals surface area contributed by atoms with Gasteiger partial charge in [-0.3, -0.25) is 0 Å². The van der Waals surface area contributed by atoms with Crippen LogP contribution in [0.25, 0.3) is 0 Å². The molecule has 0 aromatic heterocycles. The molecule has 0 saturated heterocycles. The number of methoxy groups -OCH3 is 1. The lowest BCUT2D eigenvalue weighted by atomic mass is 10.2. The number of ether oxygens (including phenoxy) is 1. The molecule has 2 rings (SSSR count). The Morgan fingerprint density at radius 1 is 1.50 bits per heavy atom. The normalized spacial score (nSPS) is 13.4. The monoisotopic (exact) mass is 193 g/mol. The Morgan fingerprint density at radius 2 is 2.36 bits per heavy atom. The second-order valence-electron chi connectivity index (χ2n) is 3.01. The summed E-state index contributed by atoms with van der Waals surface area (Å²) in [7, 11) is 1.65. The van der Waals surface area contributed by atoms with Crippen LogP contribution in [-0.2, 0) is 0 Å². The van der Waals surface area contributed by atoms with Gasteiger partial charge in [0.1, 0.15) is 5.75 Å². The zero-order valence-corrected chi connectivity index (χ0v) is 8.28. The molecule has 0 spiro atoms. The average Bonchev–Trinajstić information content (AvgIpc) is 2.27. The molecule has 1 aliphatic rings. The third kappa shape index (κ3) is 1.51. The molecule has 0 unspecified atom stereocenters. The van der Waals surface area contributed by atoms with Gasteiger partial charge in [-0.2, -0.15) is 0 Å². The number of nitrogens with zero attached hydrogens (tertiary/aromatic N) is 1. The van der Waals surface area contributed by atoms with Crippen molar-refractivity contribution in [1.82, 2.24) is 5.59 Å². The van der Waals surface area contributed by atoms with E-state index >= 15 is 0 Å². The molecule has 0 amide bonds. The highest BCUT2D eigenvalue weighted by Crippen LogP contribution is 2.23. The SMILES string of the molecule is CC[N+]1=Cc2cc(OC)ccc2ON1. The molecule has 4 nitrogen and oxygen atoms in total. The summed E-state index contributed by atoms with van der Waals surface area (Å²) in [4.78, 5) is 5.32. The zero-order chi connectivity index (χ0) is 9.97. The smallest absolute Gasteiger partial charge is 0.208 e. The molecule has 14 heavy (non-hydrogen) atoms. The number of benzene rings is 1. The third-order valence-electron chi connectivity index (χ3n) is 2.13. The Bertz CT molecular complexity index is 374. The molecule has 0 bridgehead atoms. The first-order valence-electron chi connectivity index (χ1n) is 4.55. The van der Waals surface area contributed by atoms with Crippen LogP contribution in [0.1, 0.15) is 12.5 Å². The maximum absolute atomic E-state index is 5.32. The number of hydrazone groups is 1. The van der Waals surface area contributed by atoms with Crippen LogP contribution in [0.2, 0.25) is 0 Å². The van der Waals surface area contributed by atoms with Gasteiger partial charge in [0.2, 0.25) is 6.21 Å². The second-order valence-corrected chi connectivity index (χ2v) is 3.01. The van der Waals surface area contributed by atoms with Gasteiger partial charge in [0, 0.05) is 0 Å². The van der Waals surface area contributed by atoms with Crippen molar-refractivity contribution in [2.75, 3.05) is 13.7 Å². The van der Waals surface area contributed by atoms with E-state index in [9.17, 15) is 0 Å². The fraction of sp³-hybridized carbons (Fsp3) is 0.300. The number of hydrogen-bond acceptors (Lipinski definition) is 3. The maximum Gasteiger partial charge on any atom is 0.208 e. The van der Waals surface area contributed by atoms with E-state index in [-0.39, 0.29) is 0 Å². The molecule has 1 aliphatic heterocycles. The third-order valence-corrected chi connectivity index (χ3v) is 2.13. The van der Waals surface area contributed by atoms with Crippen molar-refractivity contribution >= 4 is 6.21 Å².